The molecular weight excluding hydrogens is 337 g/mol. The number of carbonyl (C=O) groups is 1. The van der Waals surface area contributed by atoms with E-state index in [1.165, 1.54) is 10.6 Å². The van der Waals surface area contributed by atoms with Gasteiger partial charge in [-0.3, -0.25) is 4.79 Å². The fourth-order valence-electron chi connectivity index (χ4n) is 3.02. The second kappa shape index (κ2) is 6.34. The molecular formula is C15H17F3N6O. The molecule has 7 nitrogen and oxygen atoms in total. The third kappa shape index (κ3) is 3.57. The summed E-state index contributed by atoms with van der Waals surface area (Å²) in [6.45, 7) is 1.18. The number of aryl methyl sites for hydroxylation is 1. The number of nitrogens with zero attached hydrogens (tertiary/aromatic N) is 5. The normalized spacial score (nSPS) is 18.4. The predicted octanol–water partition coefficient (Wildman–Crippen LogP) is 1.71. The number of anilines is 1. The Morgan fingerprint density at radius 3 is 2.64 bits per heavy atom. The molecule has 0 bridgehead atoms. The number of nitrogens with two attached hydrogens (primary N) is 1. The van der Waals surface area contributed by atoms with Crippen molar-refractivity contribution in [1.82, 2.24) is 19.7 Å². The zero-order chi connectivity index (χ0) is 18.2. The highest BCUT2D eigenvalue weighted by Gasteiger charge is 2.36. The second-order valence-electron chi connectivity index (χ2n) is 6.02. The fraction of sp³-hybridized carbons (Fsp3) is 0.467. The van der Waals surface area contributed by atoms with Gasteiger partial charge < -0.3 is 15.2 Å². The summed E-state index contributed by atoms with van der Waals surface area (Å²) >= 11 is 0. The number of halogens is 3. The van der Waals surface area contributed by atoms with E-state index in [0.717, 1.165) is 19.0 Å². The van der Waals surface area contributed by atoms with E-state index >= 15 is 0 Å². The van der Waals surface area contributed by atoms with E-state index in [1.807, 2.05) is 4.90 Å². The molecule has 2 aromatic rings. The van der Waals surface area contributed by atoms with Crippen LogP contribution >= 0.6 is 0 Å². The van der Waals surface area contributed by atoms with Gasteiger partial charge in [-0.05, 0) is 25.0 Å². The number of hydrogen-bond donors (Lipinski definition) is 1. The van der Waals surface area contributed by atoms with Crippen molar-refractivity contribution in [2.75, 3.05) is 18.0 Å². The third-order valence-electron chi connectivity index (χ3n) is 4.22. The van der Waals surface area contributed by atoms with Crippen LogP contribution in [0.2, 0.25) is 0 Å². The Balaban J connectivity index is 1.79. The van der Waals surface area contributed by atoms with Crippen molar-refractivity contribution in [2.45, 2.75) is 24.9 Å². The molecule has 0 saturated carbocycles. The van der Waals surface area contributed by atoms with E-state index in [-0.39, 0.29) is 11.6 Å². The molecule has 1 saturated heterocycles. The molecule has 1 aliphatic heterocycles. The molecule has 0 spiro atoms. The van der Waals surface area contributed by atoms with E-state index in [9.17, 15) is 18.0 Å². The SMILES string of the molecule is Cn1cc(C(F)(F)F)nc1[C@@H]1CCCN(c2ccc(C(N)=O)nn2)C1. The monoisotopic (exact) mass is 354 g/mol. The Labute approximate surface area is 141 Å². The van der Waals surface area contributed by atoms with Crippen LogP contribution in [-0.2, 0) is 13.2 Å². The minimum absolute atomic E-state index is 0.0660. The van der Waals surface area contributed by atoms with Gasteiger partial charge in [-0.25, -0.2) is 4.98 Å². The maximum atomic E-state index is 12.9. The maximum absolute atomic E-state index is 12.9. The summed E-state index contributed by atoms with van der Waals surface area (Å²) in [6, 6.07) is 3.12. The highest BCUT2D eigenvalue weighted by molar-refractivity contribution is 5.90. The summed E-state index contributed by atoms with van der Waals surface area (Å²) in [5.74, 6) is 0.148. The molecule has 1 fully saturated rings. The largest absolute Gasteiger partial charge is 0.434 e. The summed E-state index contributed by atoms with van der Waals surface area (Å²) in [6.07, 6.45) is -1.92. The quantitative estimate of drug-likeness (QED) is 0.906. The van der Waals surface area contributed by atoms with Crippen LogP contribution in [0.3, 0.4) is 0 Å². The van der Waals surface area contributed by atoms with Crippen LogP contribution in [0.15, 0.2) is 18.3 Å². The summed E-state index contributed by atoms with van der Waals surface area (Å²) in [5.41, 5.74) is 4.32. The number of aromatic nitrogens is 4. The first-order valence-electron chi connectivity index (χ1n) is 7.74. The minimum Gasteiger partial charge on any atom is -0.364 e. The Morgan fingerprint density at radius 1 is 1.32 bits per heavy atom. The van der Waals surface area contributed by atoms with Crippen molar-refractivity contribution in [1.29, 1.82) is 0 Å². The van der Waals surface area contributed by atoms with E-state index in [0.29, 0.717) is 24.7 Å². The number of hydrogen-bond acceptors (Lipinski definition) is 5. The summed E-state index contributed by atoms with van der Waals surface area (Å²) in [5, 5.41) is 7.76. The minimum atomic E-state index is -4.46. The summed E-state index contributed by atoms with van der Waals surface area (Å²) < 4.78 is 40.0. The van der Waals surface area contributed by atoms with Crippen molar-refractivity contribution in [3.8, 4) is 0 Å². The summed E-state index contributed by atoms with van der Waals surface area (Å²) in [7, 11) is 1.57. The van der Waals surface area contributed by atoms with Crippen LogP contribution in [0.1, 0.15) is 40.8 Å². The van der Waals surface area contributed by atoms with Gasteiger partial charge >= 0.3 is 6.18 Å². The van der Waals surface area contributed by atoms with Gasteiger partial charge in [0, 0.05) is 32.3 Å². The highest BCUT2D eigenvalue weighted by atomic mass is 19.4. The number of piperidine rings is 1. The lowest BCUT2D eigenvalue weighted by atomic mass is 9.97. The molecule has 2 N–H and O–H groups in total. The Kier molecular flexibility index (Phi) is 4.36. The smallest absolute Gasteiger partial charge is 0.364 e. The van der Waals surface area contributed by atoms with Crippen LogP contribution < -0.4 is 10.6 Å². The van der Waals surface area contributed by atoms with Crippen molar-refractivity contribution < 1.29 is 18.0 Å². The molecule has 0 aromatic carbocycles. The van der Waals surface area contributed by atoms with E-state index in [1.54, 1.807) is 13.1 Å². The first-order valence-corrected chi connectivity index (χ1v) is 7.74. The third-order valence-corrected chi connectivity index (χ3v) is 4.22. The summed E-state index contributed by atoms with van der Waals surface area (Å²) in [4.78, 5) is 16.8. The Hall–Kier alpha value is -2.65. The molecule has 2 aromatic heterocycles. The van der Waals surface area contributed by atoms with Crippen LogP contribution in [-0.4, -0.2) is 38.7 Å². The average Bonchev–Trinajstić information content (AvgIpc) is 2.97. The van der Waals surface area contributed by atoms with Gasteiger partial charge in [0.2, 0.25) is 0 Å². The zero-order valence-corrected chi connectivity index (χ0v) is 13.5. The first kappa shape index (κ1) is 17.2. The second-order valence-corrected chi connectivity index (χ2v) is 6.02. The van der Waals surface area contributed by atoms with Gasteiger partial charge in [0.15, 0.2) is 17.2 Å². The predicted molar refractivity (Wildman–Crippen MR) is 82.9 cm³/mol. The number of carbonyl (C=O) groups excluding carboxylic acids is 1. The molecule has 0 radical (unpaired) electrons. The molecule has 3 heterocycles. The van der Waals surface area contributed by atoms with Crippen LogP contribution in [0.5, 0.6) is 0 Å². The maximum Gasteiger partial charge on any atom is 0.434 e. The lowest BCUT2D eigenvalue weighted by Crippen LogP contribution is -2.36. The molecule has 0 aliphatic carbocycles. The molecule has 10 heteroatoms. The zero-order valence-electron chi connectivity index (χ0n) is 13.5. The number of amides is 1. The Bertz CT molecular complexity index is 771. The van der Waals surface area contributed by atoms with Crippen molar-refractivity contribution in [3.63, 3.8) is 0 Å². The lowest BCUT2D eigenvalue weighted by molar-refractivity contribution is -0.141. The average molecular weight is 354 g/mol. The van der Waals surface area contributed by atoms with Gasteiger partial charge in [0.05, 0.1) is 0 Å². The van der Waals surface area contributed by atoms with Gasteiger partial charge in [-0.1, -0.05) is 0 Å². The molecule has 1 atom stereocenters. The molecule has 3 rings (SSSR count). The van der Waals surface area contributed by atoms with Crippen molar-refractivity contribution in [2.24, 2.45) is 12.8 Å². The van der Waals surface area contributed by atoms with Crippen molar-refractivity contribution in [3.05, 3.63) is 35.5 Å². The van der Waals surface area contributed by atoms with E-state index < -0.39 is 17.8 Å². The van der Waals surface area contributed by atoms with Crippen molar-refractivity contribution >= 4 is 11.7 Å². The fourth-order valence-corrected chi connectivity index (χ4v) is 3.02. The van der Waals surface area contributed by atoms with Crippen LogP contribution in [0.4, 0.5) is 19.0 Å². The van der Waals surface area contributed by atoms with Gasteiger partial charge in [0.1, 0.15) is 5.82 Å². The van der Waals surface area contributed by atoms with Gasteiger partial charge in [-0.15, -0.1) is 10.2 Å². The number of primary amides is 1. The number of alkyl halides is 3. The van der Waals surface area contributed by atoms with Gasteiger partial charge in [-0.2, -0.15) is 13.2 Å². The van der Waals surface area contributed by atoms with Crippen LogP contribution in [0.25, 0.3) is 0 Å². The van der Waals surface area contributed by atoms with Crippen LogP contribution in [0, 0.1) is 0 Å². The Morgan fingerprint density at radius 2 is 2.08 bits per heavy atom. The van der Waals surface area contributed by atoms with E-state index in [4.69, 9.17) is 5.73 Å². The molecule has 25 heavy (non-hydrogen) atoms. The molecule has 134 valence electrons. The molecule has 0 unspecified atom stereocenters. The molecule has 1 aliphatic rings. The first-order chi connectivity index (χ1) is 11.8. The molecule has 1 amide bonds. The number of rotatable bonds is 3. The van der Waals surface area contributed by atoms with E-state index in [2.05, 4.69) is 15.2 Å². The van der Waals surface area contributed by atoms with Gasteiger partial charge in [0.25, 0.3) is 5.91 Å². The number of imidazole rings is 1. The standard InChI is InChI=1S/C15H17F3N6O/c1-23-8-11(15(16,17)18)20-14(23)9-3-2-6-24(7-9)12-5-4-10(13(19)25)21-22-12/h4-5,8-9H,2-3,6-7H2,1H3,(H2,19,25)/t9-/m1/s1. The highest BCUT2D eigenvalue weighted by Crippen LogP contribution is 2.33. The topological polar surface area (TPSA) is 89.9 Å². The lowest BCUT2D eigenvalue weighted by Gasteiger charge is -2.32.